The Morgan fingerprint density at radius 3 is 1.83 bits per heavy atom. The van der Waals surface area contributed by atoms with Crippen LogP contribution in [-0.4, -0.2) is 19.6 Å². The fraction of sp³-hybridized carbons (Fsp3) is 0.500. The Kier molecular flexibility index (Phi) is 6.08. The van der Waals surface area contributed by atoms with E-state index in [0.717, 1.165) is 28.0 Å². The van der Waals surface area contributed by atoms with Crippen LogP contribution < -0.4 is 0 Å². The predicted octanol–water partition coefficient (Wildman–Crippen LogP) is 3.95. The van der Waals surface area contributed by atoms with Gasteiger partial charge in [0.15, 0.2) is 0 Å². The average Bonchev–Trinajstić information content (AvgIpc) is 2.81. The van der Waals surface area contributed by atoms with E-state index in [1.54, 1.807) is 0 Å². The summed E-state index contributed by atoms with van der Waals surface area (Å²) in [5.41, 5.74) is 2.26. The molecule has 0 saturated heterocycles. The number of hydrogen-bond acceptors (Lipinski definition) is 2. The topological polar surface area (TPSA) is 35.6 Å². The highest BCUT2D eigenvalue weighted by Crippen LogP contribution is 2.10. The van der Waals surface area contributed by atoms with Crippen LogP contribution in [-0.2, 0) is 13.1 Å². The molecule has 0 aliphatic rings. The zero-order valence-electron chi connectivity index (χ0n) is 11.1. The van der Waals surface area contributed by atoms with Crippen LogP contribution in [0, 0.1) is 13.8 Å². The first kappa shape index (κ1) is 15.4. The van der Waals surface area contributed by atoms with Crippen molar-refractivity contribution < 1.29 is 0 Å². The molecular weight excluding hydrogens is 360 g/mol. The smallest absolute Gasteiger partial charge is 0.128 e. The highest BCUT2D eigenvalue weighted by molar-refractivity contribution is 9.10. The van der Waals surface area contributed by atoms with Crippen molar-refractivity contribution >= 4 is 31.9 Å². The first-order valence-corrected chi connectivity index (χ1v) is 7.46. The summed E-state index contributed by atoms with van der Waals surface area (Å²) in [7, 11) is 0. The van der Waals surface area contributed by atoms with Crippen LogP contribution in [0.1, 0.15) is 25.2 Å². The second-order valence-electron chi connectivity index (χ2n) is 3.85. The molecule has 6 heteroatoms. The number of aromatic nitrogens is 4. The molecule has 100 valence electrons. The van der Waals surface area contributed by atoms with Crippen LogP contribution in [0.15, 0.2) is 21.3 Å². The third-order valence-corrected chi connectivity index (χ3v) is 3.43. The van der Waals surface area contributed by atoms with Gasteiger partial charge in [-0.3, -0.25) is 9.36 Å². The van der Waals surface area contributed by atoms with E-state index >= 15 is 0 Å². The molecule has 0 amide bonds. The van der Waals surface area contributed by atoms with Gasteiger partial charge in [-0.05, 0) is 71.7 Å². The molecule has 2 rings (SSSR count). The molecule has 0 aliphatic heterocycles. The number of hydrogen-bond donors (Lipinski definition) is 0. The molecule has 2 aromatic rings. The van der Waals surface area contributed by atoms with Gasteiger partial charge in [0.25, 0.3) is 0 Å². The van der Waals surface area contributed by atoms with Crippen molar-refractivity contribution in [2.24, 2.45) is 0 Å². The van der Waals surface area contributed by atoms with Gasteiger partial charge in [0.1, 0.15) is 9.21 Å². The van der Waals surface area contributed by atoms with Crippen molar-refractivity contribution in [3.05, 3.63) is 32.7 Å². The molecule has 2 heterocycles. The van der Waals surface area contributed by atoms with Gasteiger partial charge in [-0.1, -0.05) is 0 Å². The van der Waals surface area contributed by atoms with Crippen molar-refractivity contribution in [1.29, 1.82) is 0 Å². The van der Waals surface area contributed by atoms with Crippen LogP contribution in [0.25, 0.3) is 0 Å². The van der Waals surface area contributed by atoms with E-state index in [0.29, 0.717) is 0 Å². The lowest BCUT2D eigenvalue weighted by Gasteiger charge is -1.94. The van der Waals surface area contributed by atoms with Crippen LogP contribution in [0.3, 0.4) is 0 Å². The van der Waals surface area contributed by atoms with E-state index in [-0.39, 0.29) is 0 Å². The van der Waals surface area contributed by atoms with Crippen LogP contribution in [0.4, 0.5) is 0 Å². The fourth-order valence-corrected chi connectivity index (χ4v) is 2.71. The molecular formula is C12H18Br2N4. The van der Waals surface area contributed by atoms with Crippen LogP contribution in [0.5, 0.6) is 0 Å². The Morgan fingerprint density at radius 1 is 1.00 bits per heavy atom. The molecule has 0 N–H and O–H groups in total. The van der Waals surface area contributed by atoms with E-state index in [9.17, 15) is 0 Å². The van der Waals surface area contributed by atoms with E-state index in [1.807, 2.05) is 35.3 Å². The Balaban J connectivity index is 0.000000180. The lowest BCUT2D eigenvalue weighted by molar-refractivity contribution is 0.636. The molecule has 0 fully saturated rings. The second kappa shape index (κ2) is 7.09. The summed E-state index contributed by atoms with van der Waals surface area (Å²) < 4.78 is 5.84. The summed E-state index contributed by atoms with van der Waals surface area (Å²) >= 11 is 6.67. The van der Waals surface area contributed by atoms with E-state index in [4.69, 9.17) is 0 Å². The molecule has 0 aromatic carbocycles. The SMILES string of the molecule is CCn1nc(Br)cc1C.CCn1nc(C)cc1Br. The summed E-state index contributed by atoms with van der Waals surface area (Å²) in [4.78, 5) is 0. The molecule has 0 spiro atoms. The number of halogens is 2. The Bertz CT molecular complexity index is 456. The van der Waals surface area contributed by atoms with Crippen molar-refractivity contribution in [1.82, 2.24) is 19.6 Å². The molecule has 0 saturated carbocycles. The molecule has 0 radical (unpaired) electrons. The van der Waals surface area contributed by atoms with Gasteiger partial charge in [0.05, 0.1) is 5.69 Å². The minimum Gasteiger partial charge on any atom is -0.269 e. The second-order valence-corrected chi connectivity index (χ2v) is 5.47. The Labute approximate surface area is 125 Å². The zero-order valence-corrected chi connectivity index (χ0v) is 14.3. The minimum atomic E-state index is 0.918. The van der Waals surface area contributed by atoms with E-state index < -0.39 is 0 Å². The quantitative estimate of drug-likeness (QED) is 0.794. The minimum absolute atomic E-state index is 0.918. The van der Waals surface area contributed by atoms with Gasteiger partial charge in [-0.25, -0.2) is 0 Å². The Hall–Kier alpha value is -0.620. The summed E-state index contributed by atoms with van der Waals surface area (Å²) in [6.45, 7) is 10.0. The third kappa shape index (κ3) is 4.24. The first-order valence-electron chi connectivity index (χ1n) is 5.87. The summed E-state index contributed by atoms with van der Waals surface area (Å²) in [5, 5.41) is 8.36. The van der Waals surface area contributed by atoms with Gasteiger partial charge in [0.2, 0.25) is 0 Å². The summed E-state index contributed by atoms with van der Waals surface area (Å²) in [6.07, 6.45) is 0. The monoisotopic (exact) mass is 376 g/mol. The predicted molar refractivity (Wildman–Crippen MR) is 80.7 cm³/mol. The first-order chi connectivity index (χ1) is 8.47. The highest BCUT2D eigenvalue weighted by Gasteiger charge is 1.97. The number of rotatable bonds is 2. The standard InChI is InChI=1S/2C6H9BrN2/c1-3-9-5(2)4-6(7)8-9;1-3-9-6(7)4-5(2)8-9/h2*4H,3H2,1-2H3. The Morgan fingerprint density at radius 2 is 1.61 bits per heavy atom. The molecule has 2 aromatic heterocycles. The number of aryl methyl sites for hydroxylation is 4. The molecule has 4 nitrogen and oxygen atoms in total. The van der Waals surface area contributed by atoms with Crippen LogP contribution >= 0.6 is 31.9 Å². The maximum Gasteiger partial charge on any atom is 0.128 e. The largest absolute Gasteiger partial charge is 0.269 e. The lowest BCUT2D eigenvalue weighted by Crippen LogP contribution is -1.97. The van der Waals surface area contributed by atoms with E-state index in [1.165, 1.54) is 5.69 Å². The van der Waals surface area contributed by atoms with Gasteiger partial charge in [0, 0.05) is 18.8 Å². The average molecular weight is 378 g/mol. The molecule has 0 aliphatic carbocycles. The summed E-state index contributed by atoms with van der Waals surface area (Å²) in [6, 6.07) is 4.01. The highest BCUT2D eigenvalue weighted by atomic mass is 79.9. The maximum atomic E-state index is 4.20. The molecule has 0 unspecified atom stereocenters. The summed E-state index contributed by atoms with van der Waals surface area (Å²) in [5.74, 6) is 0. The fourth-order valence-electron chi connectivity index (χ4n) is 1.53. The molecule has 18 heavy (non-hydrogen) atoms. The van der Waals surface area contributed by atoms with Crippen LogP contribution in [0.2, 0.25) is 0 Å². The van der Waals surface area contributed by atoms with Crippen molar-refractivity contribution in [2.75, 3.05) is 0 Å². The van der Waals surface area contributed by atoms with Gasteiger partial charge >= 0.3 is 0 Å². The number of nitrogens with zero attached hydrogens (tertiary/aromatic N) is 4. The van der Waals surface area contributed by atoms with Gasteiger partial charge in [-0.15, -0.1) is 0 Å². The molecule has 0 atom stereocenters. The third-order valence-electron chi connectivity index (χ3n) is 2.40. The zero-order chi connectivity index (χ0) is 13.7. The van der Waals surface area contributed by atoms with Gasteiger partial charge < -0.3 is 0 Å². The lowest BCUT2D eigenvalue weighted by atomic mass is 10.5. The van der Waals surface area contributed by atoms with E-state index in [2.05, 4.69) is 55.9 Å². The molecule has 0 bridgehead atoms. The van der Waals surface area contributed by atoms with Crippen molar-refractivity contribution in [3.8, 4) is 0 Å². The maximum absolute atomic E-state index is 4.20. The van der Waals surface area contributed by atoms with Crippen molar-refractivity contribution in [3.63, 3.8) is 0 Å². The normalized spacial score (nSPS) is 10.1. The van der Waals surface area contributed by atoms with Gasteiger partial charge in [-0.2, -0.15) is 10.2 Å². The van der Waals surface area contributed by atoms with Crippen molar-refractivity contribution in [2.45, 2.75) is 40.8 Å².